The van der Waals surface area contributed by atoms with E-state index in [1.165, 1.54) is 64.5 Å². The molecule has 0 spiro atoms. The fraction of sp³-hybridized carbons (Fsp3) is 0.952. The van der Waals surface area contributed by atoms with E-state index in [1.54, 1.807) is 0 Å². The Labute approximate surface area is 149 Å². The Bertz CT molecular complexity index is 315. The molecule has 3 nitrogen and oxygen atoms in total. The van der Waals surface area contributed by atoms with Gasteiger partial charge in [0, 0.05) is 26.1 Å². The molecule has 0 amide bonds. The predicted molar refractivity (Wildman–Crippen MR) is 100 cm³/mol. The van der Waals surface area contributed by atoms with Crippen molar-refractivity contribution in [1.29, 1.82) is 0 Å². The second kappa shape index (κ2) is 12.0. The number of carbonyl (C=O) groups is 1. The first-order valence-corrected chi connectivity index (χ1v) is 10.6. The fourth-order valence-electron chi connectivity index (χ4n) is 4.61. The Kier molecular flexibility index (Phi) is 9.98. The highest BCUT2D eigenvalue weighted by molar-refractivity contribution is 5.80. The van der Waals surface area contributed by atoms with Crippen molar-refractivity contribution in [2.45, 2.75) is 89.9 Å². The molecule has 1 N–H and O–H groups in total. The van der Waals surface area contributed by atoms with E-state index in [0.717, 1.165) is 50.4 Å². The lowest BCUT2D eigenvalue weighted by molar-refractivity contribution is -0.120. The molecule has 24 heavy (non-hydrogen) atoms. The Morgan fingerprint density at radius 2 is 1.29 bits per heavy atom. The predicted octanol–water partition coefficient (Wildman–Crippen LogP) is 4.57. The smallest absolute Gasteiger partial charge is 0.146 e. The van der Waals surface area contributed by atoms with Crippen LogP contribution in [0.2, 0.25) is 0 Å². The summed E-state index contributed by atoms with van der Waals surface area (Å²) in [6.45, 7) is 3.33. The lowest BCUT2D eigenvalue weighted by Gasteiger charge is -2.27. The summed E-state index contributed by atoms with van der Waals surface area (Å²) in [4.78, 5) is 14.9. The fourth-order valence-corrected chi connectivity index (χ4v) is 4.61. The largest absolute Gasteiger partial charge is 0.396 e. The molecular weight excluding hydrogens is 298 g/mol. The van der Waals surface area contributed by atoms with Gasteiger partial charge in [0.2, 0.25) is 0 Å². The molecule has 140 valence electrons. The molecule has 0 atom stereocenters. The summed E-state index contributed by atoms with van der Waals surface area (Å²) in [6.07, 6.45) is 17.2. The number of carbonyl (C=O) groups excluding carboxylic acids is 1. The Morgan fingerprint density at radius 3 is 1.83 bits per heavy atom. The number of ketones is 1. The van der Waals surface area contributed by atoms with Crippen molar-refractivity contribution in [2.75, 3.05) is 26.2 Å². The molecule has 2 aliphatic carbocycles. The second-order valence-corrected chi connectivity index (χ2v) is 8.28. The van der Waals surface area contributed by atoms with Gasteiger partial charge >= 0.3 is 0 Å². The Hall–Kier alpha value is -0.410. The van der Waals surface area contributed by atoms with Crippen molar-refractivity contribution in [3.8, 4) is 0 Å². The van der Waals surface area contributed by atoms with E-state index in [-0.39, 0.29) is 0 Å². The molecule has 0 heterocycles. The van der Waals surface area contributed by atoms with Crippen molar-refractivity contribution < 1.29 is 9.90 Å². The van der Waals surface area contributed by atoms with Gasteiger partial charge in [0.25, 0.3) is 0 Å². The molecule has 2 rings (SSSR count). The van der Waals surface area contributed by atoms with E-state index in [2.05, 4.69) is 4.90 Å². The van der Waals surface area contributed by atoms with Gasteiger partial charge in [-0.15, -0.1) is 0 Å². The molecule has 2 saturated carbocycles. The molecule has 0 aromatic carbocycles. The zero-order valence-electron chi connectivity index (χ0n) is 15.7. The SMILES string of the molecule is O=C(CCCCCCCO)CN(CC1CCCC1)CC1CCCC1. The minimum absolute atomic E-state index is 0.302. The molecule has 0 aromatic heterocycles. The maximum Gasteiger partial charge on any atom is 0.146 e. The molecule has 0 radical (unpaired) electrons. The van der Waals surface area contributed by atoms with E-state index in [0.29, 0.717) is 18.9 Å². The number of hydrogen-bond donors (Lipinski definition) is 1. The summed E-state index contributed by atoms with van der Waals surface area (Å²) in [5.74, 6) is 2.14. The van der Waals surface area contributed by atoms with Gasteiger partial charge in [0.1, 0.15) is 5.78 Å². The lowest BCUT2D eigenvalue weighted by atomic mass is 10.0. The third-order valence-electron chi connectivity index (χ3n) is 6.00. The average Bonchev–Trinajstić information content (AvgIpc) is 3.24. The first kappa shape index (κ1) is 19.9. The third-order valence-corrected chi connectivity index (χ3v) is 6.00. The van der Waals surface area contributed by atoms with E-state index in [4.69, 9.17) is 5.11 Å². The van der Waals surface area contributed by atoms with E-state index in [9.17, 15) is 4.79 Å². The van der Waals surface area contributed by atoms with Crippen LogP contribution in [0.25, 0.3) is 0 Å². The molecular formula is C21H39NO2. The molecule has 3 heteroatoms. The zero-order chi connectivity index (χ0) is 17.0. The van der Waals surface area contributed by atoms with Gasteiger partial charge in [-0.25, -0.2) is 0 Å². The molecule has 0 aromatic rings. The normalized spacial score (nSPS) is 19.6. The quantitative estimate of drug-likeness (QED) is 0.500. The van der Waals surface area contributed by atoms with E-state index >= 15 is 0 Å². The summed E-state index contributed by atoms with van der Waals surface area (Å²) in [6, 6.07) is 0. The number of aliphatic hydroxyl groups is 1. The van der Waals surface area contributed by atoms with Gasteiger partial charge in [0.15, 0.2) is 0 Å². The molecule has 2 fully saturated rings. The molecule has 2 aliphatic rings. The van der Waals surface area contributed by atoms with Gasteiger partial charge in [-0.05, 0) is 50.4 Å². The number of aliphatic hydroxyl groups excluding tert-OH is 1. The number of hydrogen-bond acceptors (Lipinski definition) is 3. The lowest BCUT2D eigenvalue weighted by Crippen LogP contribution is -2.37. The average molecular weight is 338 g/mol. The summed E-state index contributed by atoms with van der Waals surface area (Å²) in [5.41, 5.74) is 0. The van der Waals surface area contributed by atoms with E-state index < -0.39 is 0 Å². The highest BCUT2D eigenvalue weighted by atomic mass is 16.2. The van der Waals surface area contributed by atoms with Crippen molar-refractivity contribution in [3.63, 3.8) is 0 Å². The van der Waals surface area contributed by atoms with Crippen LogP contribution in [0.15, 0.2) is 0 Å². The number of unbranched alkanes of at least 4 members (excludes halogenated alkanes) is 4. The summed E-state index contributed by atoms with van der Waals surface area (Å²) >= 11 is 0. The van der Waals surface area contributed by atoms with Crippen LogP contribution < -0.4 is 0 Å². The zero-order valence-corrected chi connectivity index (χ0v) is 15.7. The van der Waals surface area contributed by atoms with Crippen molar-refractivity contribution in [1.82, 2.24) is 4.90 Å². The first-order chi connectivity index (χ1) is 11.8. The van der Waals surface area contributed by atoms with Crippen LogP contribution in [-0.2, 0) is 4.79 Å². The number of nitrogens with zero attached hydrogens (tertiary/aromatic N) is 1. The Morgan fingerprint density at radius 1 is 0.792 bits per heavy atom. The van der Waals surface area contributed by atoms with Crippen LogP contribution in [-0.4, -0.2) is 42.0 Å². The van der Waals surface area contributed by atoms with Crippen LogP contribution >= 0.6 is 0 Å². The molecule has 0 saturated heterocycles. The van der Waals surface area contributed by atoms with Gasteiger partial charge < -0.3 is 5.11 Å². The minimum atomic E-state index is 0.302. The Balaban J connectivity index is 1.66. The van der Waals surface area contributed by atoms with Crippen LogP contribution in [0.4, 0.5) is 0 Å². The van der Waals surface area contributed by atoms with Crippen LogP contribution in [0.1, 0.15) is 89.9 Å². The van der Waals surface area contributed by atoms with Crippen LogP contribution in [0.5, 0.6) is 0 Å². The van der Waals surface area contributed by atoms with Crippen molar-refractivity contribution in [3.05, 3.63) is 0 Å². The van der Waals surface area contributed by atoms with Crippen molar-refractivity contribution >= 4 is 5.78 Å². The highest BCUT2D eigenvalue weighted by Gasteiger charge is 2.24. The monoisotopic (exact) mass is 337 g/mol. The maximum atomic E-state index is 12.4. The number of rotatable bonds is 13. The van der Waals surface area contributed by atoms with Gasteiger partial charge in [-0.3, -0.25) is 9.69 Å². The topological polar surface area (TPSA) is 40.5 Å². The number of Topliss-reactive ketones (excluding diaryl/α,β-unsaturated/α-hetero) is 1. The van der Waals surface area contributed by atoms with Gasteiger partial charge in [-0.1, -0.05) is 44.9 Å². The standard InChI is InChI=1S/C21H39NO2/c23-15-9-3-1-2-4-14-21(24)18-22(16-19-10-5-6-11-19)17-20-12-7-8-13-20/h19-20,23H,1-18H2. The molecule has 0 unspecified atom stereocenters. The summed E-state index contributed by atoms with van der Waals surface area (Å²) in [7, 11) is 0. The van der Waals surface area contributed by atoms with Crippen LogP contribution in [0, 0.1) is 11.8 Å². The minimum Gasteiger partial charge on any atom is -0.396 e. The highest BCUT2D eigenvalue weighted by Crippen LogP contribution is 2.29. The van der Waals surface area contributed by atoms with Crippen LogP contribution in [0.3, 0.4) is 0 Å². The maximum absolute atomic E-state index is 12.4. The molecule has 0 aliphatic heterocycles. The summed E-state index contributed by atoms with van der Waals surface area (Å²) in [5, 5.41) is 8.78. The second-order valence-electron chi connectivity index (χ2n) is 8.28. The van der Waals surface area contributed by atoms with E-state index in [1.807, 2.05) is 0 Å². The first-order valence-electron chi connectivity index (χ1n) is 10.6. The summed E-state index contributed by atoms with van der Waals surface area (Å²) < 4.78 is 0. The van der Waals surface area contributed by atoms with Gasteiger partial charge in [0.05, 0.1) is 6.54 Å². The third kappa shape index (κ3) is 8.11. The molecule has 0 bridgehead atoms. The van der Waals surface area contributed by atoms with Gasteiger partial charge in [-0.2, -0.15) is 0 Å². The van der Waals surface area contributed by atoms with Crippen molar-refractivity contribution in [2.24, 2.45) is 11.8 Å².